The van der Waals surface area contributed by atoms with Gasteiger partial charge in [0.2, 0.25) is 0 Å². The Morgan fingerprint density at radius 2 is 2.06 bits per heavy atom. The van der Waals surface area contributed by atoms with Crippen molar-refractivity contribution in [2.24, 2.45) is 0 Å². The molecule has 1 N–H and O–H groups in total. The first-order chi connectivity index (χ1) is 8.37. The zero-order valence-corrected chi connectivity index (χ0v) is 12.3. The van der Waals surface area contributed by atoms with E-state index in [1.165, 1.54) is 0 Å². The molecule has 0 amide bonds. The highest BCUT2D eigenvalue weighted by Gasteiger charge is 2.28. The highest BCUT2D eigenvalue weighted by atomic mass is 35.5. The van der Waals surface area contributed by atoms with Crippen LogP contribution in [0.5, 0.6) is 0 Å². The van der Waals surface area contributed by atoms with Gasteiger partial charge in [0.25, 0.3) is 0 Å². The van der Waals surface area contributed by atoms with Crippen LogP contribution in [-0.2, 0) is 9.84 Å². The minimum Gasteiger partial charge on any atom is -0.306 e. The minimum absolute atomic E-state index is 0.0669. The average molecular weight is 308 g/mol. The van der Waals surface area contributed by atoms with Crippen molar-refractivity contribution in [1.82, 2.24) is 5.32 Å². The van der Waals surface area contributed by atoms with E-state index in [4.69, 9.17) is 23.2 Å². The molecule has 1 aromatic rings. The second-order valence-electron chi connectivity index (χ2n) is 4.69. The maximum Gasteiger partial charge on any atom is 0.152 e. The molecule has 2 atom stereocenters. The Hall–Kier alpha value is -0.290. The van der Waals surface area contributed by atoms with E-state index in [1.54, 1.807) is 18.2 Å². The topological polar surface area (TPSA) is 46.2 Å². The molecule has 18 heavy (non-hydrogen) atoms. The fourth-order valence-corrected chi connectivity index (χ4v) is 4.22. The van der Waals surface area contributed by atoms with Crippen LogP contribution in [0.25, 0.3) is 0 Å². The highest BCUT2D eigenvalue weighted by molar-refractivity contribution is 7.91. The first-order valence-electron chi connectivity index (χ1n) is 5.79. The van der Waals surface area contributed by atoms with Gasteiger partial charge in [-0.25, -0.2) is 8.42 Å². The van der Waals surface area contributed by atoms with Crippen LogP contribution in [-0.4, -0.2) is 26.0 Å². The normalized spacial score (nSPS) is 27.7. The van der Waals surface area contributed by atoms with Crippen molar-refractivity contribution in [2.45, 2.75) is 25.4 Å². The second kappa shape index (κ2) is 5.37. The number of benzene rings is 1. The molecule has 0 radical (unpaired) electrons. The summed E-state index contributed by atoms with van der Waals surface area (Å²) >= 11 is 12.1. The molecule has 1 saturated heterocycles. The number of hydrogen-bond donors (Lipinski definition) is 1. The lowest BCUT2D eigenvalue weighted by molar-refractivity contribution is 0.484. The molecule has 2 unspecified atom stereocenters. The third kappa shape index (κ3) is 3.38. The van der Waals surface area contributed by atoms with Crippen molar-refractivity contribution in [3.8, 4) is 0 Å². The Labute approximate surface area is 117 Å². The maximum absolute atomic E-state index is 11.9. The summed E-state index contributed by atoms with van der Waals surface area (Å²) in [4.78, 5) is 0. The molecule has 0 saturated carbocycles. The smallest absolute Gasteiger partial charge is 0.152 e. The Balaban J connectivity index is 2.38. The van der Waals surface area contributed by atoms with Crippen LogP contribution in [0, 0.1) is 0 Å². The molecular weight excluding hydrogens is 293 g/mol. The molecule has 0 aromatic heterocycles. The van der Waals surface area contributed by atoms with E-state index in [-0.39, 0.29) is 23.6 Å². The van der Waals surface area contributed by atoms with Crippen LogP contribution in [0.4, 0.5) is 0 Å². The average Bonchev–Trinajstić information content (AvgIpc) is 2.41. The SMILES string of the molecule is CC1CCS(=O)(=O)CC(c2cc(Cl)ccc2Cl)N1. The van der Waals surface area contributed by atoms with Gasteiger partial charge in [-0.3, -0.25) is 0 Å². The van der Waals surface area contributed by atoms with Crippen molar-refractivity contribution in [3.63, 3.8) is 0 Å². The summed E-state index contributed by atoms with van der Waals surface area (Å²) in [6.45, 7) is 1.98. The van der Waals surface area contributed by atoms with Gasteiger partial charge in [0.15, 0.2) is 9.84 Å². The fourth-order valence-electron chi connectivity index (χ4n) is 2.13. The van der Waals surface area contributed by atoms with E-state index in [2.05, 4.69) is 5.32 Å². The molecule has 0 bridgehead atoms. The van der Waals surface area contributed by atoms with Crippen LogP contribution >= 0.6 is 23.2 Å². The maximum atomic E-state index is 11.9. The van der Waals surface area contributed by atoms with Crippen molar-refractivity contribution >= 4 is 33.0 Å². The summed E-state index contributed by atoms with van der Waals surface area (Å²) in [5.74, 6) is 0.285. The van der Waals surface area contributed by atoms with Crippen LogP contribution in [0.3, 0.4) is 0 Å². The van der Waals surface area contributed by atoms with Crippen LogP contribution in [0.2, 0.25) is 10.0 Å². The standard InChI is InChI=1S/C12H15Cl2NO2S/c1-8-4-5-18(16,17)7-12(15-8)10-6-9(13)2-3-11(10)14/h2-3,6,8,12,15H,4-5,7H2,1H3. The van der Waals surface area contributed by atoms with Crippen LogP contribution in [0.1, 0.15) is 24.9 Å². The van der Waals surface area contributed by atoms with Crippen LogP contribution < -0.4 is 5.32 Å². The van der Waals surface area contributed by atoms with Gasteiger partial charge in [0.1, 0.15) is 0 Å². The Morgan fingerprint density at radius 1 is 1.33 bits per heavy atom. The van der Waals surface area contributed by atoms with E-state index in [9.17, 15) is 8.42 Å². The third-order valence-electron chi connectivity index (χ3n) is 3.10. The van der Waals surface area contributed by atoms with E-state index >= 15 is 0 Å². The molecule has 0 spiro atoms. The lowest BCUT2D eigenvalue weighted by Crippen LogP contribution is -2.31. The van der Waals surface area contributed by atoms with E-state index in [0.717, 1.165) is 5.56 Å². The number of halogens is 2. The fraction of sp³-hybridized carbons (Fsp3) is 0.500. The quantitative estimate of drug-likeness (QED) is 0.868. The molecule has 1 fully saturated rings. The van der Waals surface area contributed by atoms with E-state index in [0.29, 0.717) is 16.5 Å². The molecule has 0 aliphatic carbocycles. The van der Waals surface area contributed by atoms with Crippen molar-refractivity contribution in [2.75, 3.05) is 11.5 Å². The molecule has 6 heteroatoms. The van der Waals surface area contributed by atoms with Gasteiger partial charge in [-0.2, -0.15) is 0 Å². The zero-order chi connectivity index (χ0) is 13.3. The van der Waals surface area contributed by atoms with Gasteiger partial charge >= 0.3 is 0 Å². The molecule has 1 aliphatic rings. The van der Waals surface area contributed by atoms with Crippen molar-refractivity contribution < 1.29 is 8.42 Å². The van der Waals surface area contributed by atoms with E-state index in [1.807, 2.05) is 6.92 Å². The summed E-state index contributed by atoms with van der Waals surface area (Å²) in [6, 6.07) is 4.97. The highest BCUT2D eigenvalue weighted by Crippen LogP contribution is 2.29. The molecule has 1 aliphatic heterocycles. The Kier molecular flexibility index (Phi) is 4.22. The Bertz CT molecular complexity index is 545. The molecule has 1 heterocycles. The van der Waals surface area contributed by atoms with Gasteiger partial charge in [0, 0.05) is 22.1 Å². The largest absolute Gasteiger partial charge is 0.306 e. The predicted octanol–water partition coefficient (Wildman–Crippen LogP) is 2.83. The van der Waals surface area contributed by atoms with E-state index < -0.39 is 9.84 Å². The summed E-state index contributed by atoms with van der Waals surface area (Å²) in [5.41, 5.74) is 0.751. The minimum atomic E-state index is -3.04. The molecule has 100 valence electrons. The van der Waals surface area contributed by atoms with Gasteiger partial charge in [0.05, 0.1) is 11.5 Å². The Morgan fingerprint density at radius 3 is 2.78 bits per heavy atom. The predicted molar refractivity (Wildman–Crippen MR) is 75.1 cm³/mol. The second-order valence-corrected chi connectivity index (χ2v) is 7.76. The van der Waals surface area contributed by atoms with Gasteiger partial charge < -0.3 is 5.32 Å². The first-order valence-corrected chi connectivity index (χ1v) is 8.36. The molecular formula is C12H15Cl2NO2S. The van der Waals surface area contributed by atoms with Crippen LogP contribution in [0.15, 0.2) is 18.2 Å². The summed E-state index contributed by atoms with van der Waals surface area (Å²) in [6.07, 6.45) is 0.622. The summed E-state index contributed by atoms with van der Waals surface area (Å²) < 4.78 is 23.8. The van der Waals surface area contributed by atoms with Crippen molar-refractivity contribution in [1.29, 1.82) is 0 Å². The monoisotopic (exact) mass is 307 g/mol. The van der Waals surface area contributed by atoms with Crippen molar-refractivity contribution in [3.05, 3.63) is 33.8 Å². The summed E-state index contributed by atoms with van der Waals surface area (Å²) in [7, 11) is -3.04. The first kappa shape index (κ1) is 14.1. The third-order valence-corrected chi connectivity index (χ3v) is 5.38. The molecule has 3 nitrogen and oxygen atoms in total. The number of rotatable bonds is 1. The lowest BCUT2D eigenvalue weighted by atomic mass is 10.1. The van der Waals surface area contributed by atoms with Gasteiger partial charge in [-0.1, -0.05) is 23.2 Å². The zero-order valence-electron chi connectivity index (χ0n) is 9.99. The van der Waals surface area contributed by atoms with Gasteiger partial charge in [-0.15, -0.1) is 0 Å². The molecule has 2 rings (SSSR count). The lowest BCUT2D eigenvalue weighted by Gasteiger charge is -2.20. The number of hydrogen-bond acceptors (Lipinski definition) is 3. The molecule has 1 aromatic carbocycles. The number of sulfone groups is 1. The summed E-state index contributed by atoms with van der Waals surface area (Å²) in [5, 5.41) is 4.40. The number of nitrogens with one attached hydrogen (secondary N) is 1. The van der Waals surface area contributed by atoms with Gasteiger partial charge in [-0.05, 0) is 37.1 Å².